The molecule has 23 heavy (non-hydrogen) atoms. The zero-order chi connectivity index (χ0) is 16.2. The van der Waals surface area contributed by atoms with Gasteiger partial charge in [0.1, 0.15) is 11.5 Å². The van der Waals surface area contributed by atoms with Crippen molar-refractivity contribution in [1.29, 1.82) is 0 Å². The van der Waals surface area contributed by atoms with E-state index in [2.05, 4.69) is 37.2 Å². The van der Waals surface area contributed by atoms with Gasteiger partial charge >= 0.3 is 0 Å². The van der Waals surface area contributed by atoms with Crippen LogP contribution in [0.2, 0.25) is 0 Å². The predicted molar refractivity (Wildman–Crippen MR) is 95.0 cm³/mol. The molecule has 1 heterocycles. The second-order valence-corrected chi connectivity index (χ2v) is 6.34. The lowest BCUT2D eigenvalue weighted by molar-refractivity contribution is 0.0995. The number of furan rings is 1. The van der Waals surface area contributed by atoms with Gasteiger partial charge in [0.05, 0.1) is 0 Å². The number of anilines is 1. The summed E-state index contributed by atoms with van der Waals surface area (Å²) in [4.78, 5) is 12.0. The second kappa shape index (κ2) is 7.02. The molecule has 1 N–H and O–H groups in total. The zero-order valence-electron chi connectivity index (χ0n) is 11.8. The van der Waals surface area contributed by atoms with Gasteiger partial charge in [0.25, 0.3) is 5.91 Å². The molecule has 0 bridgehead atoms. The van der Waals surface area contributed by atoms with Gasteiger partial charge in [-0.05, 0) is 76.6 Å². The number of nitrogens with one attached hydrogen (secondary N) is 1. The third-order valence-electron chi connectivity index (χ3n) is 2.96. The second-order valence-electron chi connectivity index (χ2n) is 4.64. The summed E-state index contributed by atoms with van der Waals surface area (Å²) >= 11 is 6.54. The Kier molecular flexibility index (Phi) is 4.83. The molecule has 4 nitrogen and oxygen atoms in total. The maximum atomic E-state index is 12.0. The molecule has 0 saturated heterocycles. The lowest BCUT2D eigenvalue weighted by Gasteiger charge is -2.07. The lowest BCUT2D eigenvalue weighted by Crippen LogP contribution is -2.10. The number of hydrogen-bond donors (Lipinski definition) is 1. The molecule has 0 atom stereocenters. The van der Waals surface area contributed by atoms with Crippen molar-refractivity contribution in [3.8, 4) is 11.5 Å². The highest BCUT2D eigenvalue weighted by Gasteiger charge is 2.10. The number of rotatable bonds is 4. The highest BCUT2D eigenvalue weighted by molar-refractivity contribution is 9.10. The minimum absolute atomic E-state index is 0.243. The molecule has 0 fully saturated rings. The Balaban J connectivity index is 1.65. The van der Waals surface area contributed by atoms with E-state index in [1.165, 1.54) is 0 Å². The molecule has 2 aromatic carbocycles. The number of carbonyl (C=O) groups excluding carboxylic acids is 1. The quantitative estimate of drug-likeness (QED) is 0.558. The van der Waals surface area contributed by atoms with Crippen molar-refractivity contribution in [2.24, 2.45) is 0 Å². The van der Waals surface area contributed by atoms with Gasteiger partial charge in [-0.1, -0.05) is 15.9 Å². The van der Waals surface area contributed by atoms with Crippen molar-refractivity contribution in [3.63, 3.8) is 0 Å². The van der Waals surface area contributed by atoms with E-state index in [0.717, 1.165) is 10.2 Å². The monoisotopic (exact) mass is 435 g/mol. The van der Waals surface area contributed by atoms with Gasteiger partial charge in [-0.3, -0.25) is 4.79 Å². The molecule has 0 unspecified atom stereocenters. The molecular formula is C17H11Br2NO3. The van der Waals surface area contributed by atoms with Gasteiger partial charge in [0.15, 0.2) is 10.4 Å². The van der Waals surface area contributed by atoms with E-state index in [9.17, 15) is 4.79 Å². The van der Waals surface area contributed by atoms with Gasteiger partial charge in [0, 0.05) is 10.2 Å². The number of hydrogen-bond acceptors (Lipinski definition) is 3. The standard InChI is InChI=1S/C17H11Br2NO3/c18-11-1-5-13(6-2-11)22-14-7-3-12(4-8-14)20-17(21)15-9-10-16(19)23-15/h1-10H,(H,20,21). The zero-order valence-corrected chi connectivity index (χ0v) is 14.9. The van der Waals surface area contributed by atoms with Crippen LogP contribution in [0.3, 0.4) is 0 Å². The predicted octanol–water partition coefficient (Wildman–Crippen LogP) is 5.85. The summed E-state index contributed by atoms with van der Waals surface area (Å²) in [6.07, 6.45) is 0. The first kappa shape index (κ1) is 15.8. The van der Waals surface area contributed by atoms with Crippen molar-refractivity contribution in [1.82, 2.24) is 0 Å². The molecule has 0 aliphatic rings. The smallest absolute Gasteiger partial charge is 0.291 e. The van der Waals surface area contributed by atoms with Crippen LogP contribution in [0.15, 0.2) is 74.2 Å². The first-order chi connectivity index (χ1) is 11.1. The van der Waals surface area contributed by atoms with Crippen LogP contribution in [0.1, 0.15) is 10.6 Å². The Labute approximate surface area is 149 Å². The molecule has 3 rings (SSSR count). The van der Waals surface area contributed by atoms with E-state index >= 15 is 0 Å². The van der Waals surface area contributed by atoms with E-state index in [-0.39, 0.29) is 11.7 Å². The summed E-state index contributed by atoms with van der Waals surface area (Å²) in [5.41, 5.74) is 0.658. The summed E-state index contributed by atoms with van der Waals surface area (Å²) < 4.78 is 12.4. The van der Waals surface area contributed by atoms with Crippen LogP contribution in [0.5, 0.6) is 11.5 Å². The van der Waals surface area contributed by atoms with E-state index < -0.39 is 0 Å². The Morgan fingerprint density at radius 2 is 1.48 bits per heavy atom. The summed E-state index contributed by atoms with van der Waals surface area (Å²) in [5.74, 6) is 1.36. The topological polar surface area (TPSA) is 51.5 Å². The molecule has 0 saturated carbocycles. The molecule has 0 radical (unpaired) electrons. The Morgan fingerprint density at radius 3 is 2.04 bits per heavy atom. The first-order valence-electron chi connectivity index (χ1n) is 6.70. The first-order valence-corrected chi connectivity index (χ1v) is 8.29. The van der Waals surface area contributed by atoms with Gasteiger partial charge in [-0.2, -0.15) is 0 Å². The molecule has 6 heteroatoms. The van der Waals surface area contributed by atoms with Crippen LogP contribution in [-0.4, -0.2) is 5.91 Å². The van der Waals surface area contributed by atoms with Gasteiger partial charge in [0.2, 0.25) is 0 Å². The highest BCUT2D eigenvalue weighted by Crippen LogP contribution is 2.25. The SMILES string of the molecule is O=C(Nc1ccc(Oc2ccc(Br)cc2)cc1)c1ccc(Br)o1. The summed E-state index contributed by atoms with van der Waals surface area (Å²) in [7, 11) is 0. The molecule has 116 valence electrons. The third kappa shape index (κ3) is 4.24. The fourth-order valence-corrected chi connectivity index (χ4v) is 2.44. The molecule has 0 aliphatic heterocycles. The van der Waals surface area contributed by atoms with Crippen LogP contribution in [-0.2, 0) is 0 Å². The van der Waals surface area contributed by atoms with Crippen molar-refractivity contribution < 1.29 is 13.9 Å². The molecule has 3 aromatic rings. The Morgan fingerprint density at radius 1 is 0.870 bits per heavy atom. The molecule has 0 aliphatic carbocycles. The highest BCUT2D eigenvalue weighted by atomic mass is 79.9. The average Bonchev–Trinajstić information content (AvgIpc) is 2.98. The summed E-state index contributed by atoms with van der Waals surface area (Å²) in [6.45, 7) is 0. The van der Waals surface area contributed by atoms with Crippen molar-refractivity contribution in [3.05, 3.63) is 75.6 Å². The minimum atomic E-state index is -0.308. The number of benzene rings is 2. The van der Waals surface area contributed by atoms with E-state index in [0.29, 0.717) is 16.1 Å². The number of carbonyl (C=O) groups is 1. The maximum Gasteiger partial charge on any atom is 0.291 e. The van der Waals surface area contributed by atoms with E-state index in [1.54, 1.807) is 36.4 Å². The summed E-state index contributed by atoms with van der Waals surface area (Å²) in [5, 5.41) is 2.75. The normalized spacial score (nSPS) is 10.3. The van der Waals surface area contributed by atoms with Gasteiger partial charge in [-0.15, -0.1) is 0 Å². The van der Waals surface area contributed by atoms with Crippen molar-refractivity contribution >= 4 is 43.5 Å². The van der Waals surface area contributed by atoms with Crippen LogP contribution in [0.4, 0.5) is 5.69 Å². The average molecular weight is 437 g/mol. The third-order valence-corrected chi connectivity index (χ3v) is 3.91. The van der Waals surface area contributed by atoms with Gasteiger partial charge in [-0.25, -0.2) is 0 Å². The molecular weight excluding hydrogens is 426 g/mol. The van der Waals surface area contributed by atoms with Crippen LogP contribution in [0.25, 0.3) is 0 Å². The van der Waals surface area contributed by atoms with E-state index in [1.807, 2.05) is 24.3 Å². The van der Waals surface area contributed by atoms with Crippen molar-refractivity contribution in [2.75, 3.05) is 5.32 Å². The maximum absolute atomic E-state index is 12.0. The molecule has 1 aromatic heterocycles. The number of ether oxygens (including phenoxy) is 1. The van der Waals surface area contributed by atoms with Crippen molar-refractivity contribution in [2.45, 2.75) is 0 Å². The fraction of sp³-hybridized carbons (Fsp3) is 0. The Bertz CT molecular complexity index is 811. The minimum Gasteiger partial charge on any atom is -0.457 e. The van der Waals surface area contributed by atoms with Crippen LogP contribution in [0, 0.1) is 0 Å². The summed E-state index contributed by atoms with van der Waals surface area (Å²) in [6, 6.07) is 17.9. The number of halogens is 2. The van der Waals surface area contributed by atoms with E-state index in [4.69, 9.17) is 9.15 Å². The van der Waals surface area contributed by atoms with Gasteiger partial charge < -0.3 is 14.5 Å². The molecule has 1 amide bonds. The fourth-order valence-electron chi connectivity index (χ4n) is 1.87. The Hall–Kier alpha value is -2.05. The largest absolute Gasteiger partial charge is 0.457 e. The van der Waals surface area contributed by atoms with Crippen LogP contribution < -0.4 is 10.1 Å². The number of amides is 1. The molecule has 0 spiro atoms. The lowest BCUT2D eigenvalue weighted by atomic mass is 10.3. The van der Waals surface area contributed by atoms with Crippen LogP contribution >= 0.6 is 31.9 Å².